The van der Waals surface area contributed by atoms with Gasteiger partial charge >= 0.3 is 0 Å². The van der Waals surface area contributed by atoms with Crippen molar-refractivity contribution in [2.75, 3.05) is 13.2 Å². The predicted molar refractivity (Wildman–Crippen MR) is 120 cm³/mol. The van der Waals surface area contributed by atoms with Gasteiger partial charge in [-0.05, 0) is 42.2 Å². The highest BCUT2D eigenvalue weighted by atomic mass is 16.5. The Balaban J connectivity index is 1.50. The van der Waals surface area contributed by atoms with Crippen LogP contribution in [0.2, 0.25) is 0 Å². The molecule has 3 rings (SSSR count). The van der Waals surface area contributed by atoms with Crippen molar-refractivity contribution in [1.82, 2.24) is 20.5 Å². The van der Waals surface area contributed by atoms with Gasteiger partial charge in [-0.15, -0.1) is 10.2 Å². The molecule has 0 spiro atoms. The van der Waals surface area contributed by atoms with Gasteiger partial charge in [-0.1, -0.05) is 44.2 Å². The number of aryl methyl sites for hydroxylation is 1. The van der Waals surface area contributed by atoms with Gasteiger partial charge in [0.15, 0.2) is 5.82 Å². The fraction of sp³-hybridized carbons (Fsp3) is 0.333. The first-order chi connectivity index (χ1) is 15.0. The van der Waals surface area contributed by atoms with Crippen molar-refractivity contribution in [3.05, 3.63) is 76.2 Å². The zero-order valence-electron chi connectivity index (χ0n) is 17.9. The van der Waals surface area contributed by atoms with Crippen molar-refractivity contribution in [2.45, 2.75) is 33.1 Å². The van der Waals surface area contributed by atoms with Crippen LogP contribution in [0.25, 0.3) is 11.4 Å². The van der Waals surface area contributed by atoms with Gasteiger partial charge in [0.25, 0.3) is 5.56 Å². The highest BCUT2D eigenvalue weighted by molar-refractivity contribution is 5.76. The molecule has 0 aliphatic heterocycles. The van der Waals surface area contributed by atoms with Crippen molar-refractivity contribution in [1.29, 1.82) is 0 Å². The van der Waals surface area contributed by atoms with E-state index in [0.29, 0.717) is 24.9 Å². The molecule has 1 amide bonds. The van der Waals surface area contributed by atoms with Crippen molar-refractivity contribution in [3.63, 3.8) is 0 Å². The topological polar surface area (TPSA) is 97.0 Å². The summed E-state index contributed by atoms with van der Waals surface area (Å²) >= 11 is 0. The van der Waals surface area contributed by atoms with E-state index < -0.39 is 0 Å². The number of carbonyl (C=O) groups excluding carboxylic acids is 1. The molecule has 7 heteroatoms. The second kappa shape index (κ2) is 11.1. The molecular weight excluding hydrogens is 392 g/mol. The molecule has 1 aromatic heterocycles. The van der Waals surface area contributed by atoms with Crippen molar-refractivity contribution >= 4 is 5.91 Å². The van der Waals surface area contributed by atoms with E-state index in [1.54, 1.807) is 0 Å². The number of nitrogens with zero attached hydrogens (tertiary/aromatic N) is 2. The lowest BCUT2D eigenvalue weighted by Gasteiger charge is -2.09. The number of H-pyrrole nitrogens is 1. The van der Waals surface area contributed by atoms with Gasteiger partial charge in [0.1, 0.15) is 11.4 Å². The van der Waals surface area contributed by atoms with Crippen LogP contribution in [-0.2, 0) is 17.6 Å². The number of aromatic amines is 1. The van der Waals surface area contributed by atoms with Crippen LogP contribution in [0.3, 0.4) is 0 Å². The molecule has 0 atom stereocenters. The van der Waals surface area contributed by atoms with E-state index in [2.05, 4.69) is 34.3 Å². The second-order valence-corrected chi connectivity index (χ2v) is 7.76. The molecular formula is C24H28N4O3. The number of ether oxygens (including phenoxy) is 1. The van der Waals surface area contributed by atoms with E-state index in [1.165, 1.54) is 5.56 Å². The van der Waals surface area contributed by atoms with Crippen LogP contribution >= 0.6 is 0 Å². The van der Waals surface area contributed by atoms with Gasteiger partial charge < -0.3 is 15.0 Å². The standard InChI is InChI=1S/C24H28N4O3/c1-17(2)16-31-20-10-8-19(9-11-20)23-26-24(30)21(27-28-23)12-13-22(29)25-15-14-18-6-4-3-5-7-18/h3-11,17H,12-16H2,1-2H3,(H,25,29)(H,26,28,30). The molecule has 0 aliphatic rings. The van der Waals surface area contributed by atoms with Gasteiger partial charge in [-0.3, -0.25) is 9.59 Å². The molecule has 7 nitrogen and oxygen atoms in total. The number of rotatable bonds is 10. The highest BCUT2D eigenvalue weighted by Gasteiger charge is 2.10. The monoisotopic (exact) mass is 420 g/mol. The lowest BCUT2D eigenvalue weighted by Crippen LogP contribution is -2.27. The predicted octanol–water partition coefficient (Wildman–Crippen LogP) is 3.16. The number of nitrogens with one attached hydrogen (secondary N) is 2. The molecule has 0 bridgehead atoms. The Bertz CT molecular complexity index is 1030. The summed E-state index contributed by atoms with van der Waals surface area (Å²) in [4.78, 5) is 27.2. The first kappa shape index (κ1) is 22.2. The molecule has 162 valence electrons. The van der Waals surface area contributed by atoms with Crippen LogP contribution in [-0.4, -0.2) is 34.2 Å². The molecule has 31 heavy (non-hydrogen) atoms. The first-order valence-corrected chi connectivity index (χ1v) is 10.5. The Morgan fingerprint density at radius 3 is 2.45 bits per heavy atom. The minimum Gasteiger partial charge on any atom is -0.493 e. The summed E-state index contributed by atoms with van der Waals surface area (Å²) in [6.45, 7) is 5.38. The molecule has 0 unspecified atom stereocenters. The number of hydrogen-bond donors (Lipinski definition) is 2. The van der Waals surface area contributed by atoms with E-state index in [4.69, 9.17) is 4.74 Å². The molecule has 0 radical (unpaired) electrons. The van der Waals surface area contributed by atoms with Crippen molar-refractivity contribution < 1.29 is 9.53 Å². The van der Waals surface area contributed by atoms with E-state index in [0.717, 1.165) is 17.7 Å². The summed E-state index contributed by atoms with van der Waals surface area (Å²) < 4.78 is 5.66. The fourth-order valence-corrected chi connectivity index (χ4v) is 2.94. The number of amides is 1. The molecule has 2 aromatic carbocycles. The zero-order chi connectivity index (χ0) is 22.1. The lowest BCUT2D eigenvalue weighted by molar-refractivity contribution is -0.121. The molecule has 0 fully saturated rings. The minimum absolute atomic E-state index is 0.113. The van der Waals surface area contributed by atoms with Crippen LogP contribution in [0, 0.1) is 5.92 Å². The summed E-state index contributed by atoms with van der Waals surface area (Å²) in [5.74, 6) is 1.48. The summed E-state index contributed by atoms with van der Waals surface area (Å²) in [5, 5.41) is 11.0. The number of aromatic nitrogens is 3. The number of carbonyl (C=O) groups is 1. The number of benzene rings is 2. The highest BCUT2D eigenvalue weighted by Crippen LogP contribution is 2.18. The van der Waals surface area contributed by atoms with Gasteiger partial charge in [0.2, 0.25) is 5.91 Å². The lowest BCUT2D eigenvalue weighted by atomic mass is 10.1. The summed E-state index contributed by atoms with van der Waals surface area (Å²) in [6, 6.07) is 17.3. The maximum Gasteiger partial charge on any atom is 0.273 e. The SMILES string of the molecule is CC(C)COc1ccc(-c2nnc(CCC(=O)NCCc3ccccc3)c(=O)[nH]2)cc1. The third-order valence-electron chi connectivity index (χ3n) is 4.64. The van der Waals surface area contributed by atoms with Crippen LogP contribution in [0.15, 0.2) is 59.4 Å². The first-order valence-electron chi connectivity index (χ1n) is 10.5. The van der Waals surface area contributed by atoms with Crippen LogP contribution in [0.1, 0.15) is 31.5 Å². The normalized spacial score (nSPS) is 10.8. The number of hydrogen-bond acceptors (Lipinski definition) is 5. The molecule has 0 aliphatic carbocycles. The average Bonchev–Trinajstić information content (AvgIpc) is 2.78. The Kier molecular flexibility index (Phi) is 7.92. The Morgan fingerprint density at radius 2 is 1.77 bits per heavy atom. The van der Waals surface area contributed by atoms with Gasteiger partial charge in [0.05, 0.1) is 6.61 Å². The smallest absolute Gasteiger partial charge is 0.273 e. The van der Waals surface area contributed by atoms with E-state index >= 15 is 0 Å². The molecule has 1 heterocycles. The molecule has 0 saturated carbocycles. The largest absolute Gasteiger partial charge is 0.493 e. The Morgan fingerprint density at radius 1 is 1.03 bits per heavy atom. The average molecular weight is 421 g/mol. The van der Waals surface area contributed by atoms with Gasteiger partial charge in [-0.25, -0.2) is 0 Å². The van der Waals surface area contributed by atoms with Crippen LogP contribution in [0.5, 0.6) is 5.75 Å². The van der Waals surface area contributed by atoms with Gasteiger partial charge in [0, 0.05) is 24.9 Å². The maximum absolute atomic E-state index is 12.4. The molecule has 2 N–H and O–H groups in total. The van der Waals surface area contributed by atoms with Gasteiger partial charge in [-0.2, -0.15) is 0 Å². The Labute approximate surface area is 181 Å². The van der Waals surface area contributed by atoms with E-state index in [-0.39, 0.29) is 30.0 Å². The third-order valence-corrected chi connectivity index (χ3v) is 4.64. The quantitative estimate of drug-likeness (QED) is 0.525. The fourth-order valence-electron chi connectivity index (χ4n) is 2.94. The minimum atomic E-state index is -0.331. The van der Waals surface area contributed by atoms with Crippen molar-refractivity contribution in [3.8, 4) is 17.1 Å². The summed E-state index contributed by atoms with van der Waals surface area (Å²) in [7, 11) is 0. The summed E-state index contributed by atoms with van der Waals surface area (Å²) in [6.07, 6.45) is 1.19. The van der Waals surface area contributed by atoms with E-state index in [9.17, 15) is 9.59 Å². The Hall–Kier alpha value is -3.48. The molecule has 3 aromatic rings. The third kappa shape index (κ3) is 7.06. The van der Waals surface area contributed by atoms with Crippen LogP contribution in [0.4, 0.5) is 0 Å². The molecule has 0 saturated heterocycles. The second-order valence-electron chi connectivity index (χ2n) is 7.76. The maximum atomic E-state index is 12.4. The summed E-state index contributed by atoms with van der Waals surface area (Å²) in [5.41, 5.74) is 1.83. The van der Waals surface area contributed by atoms with E-state index in [1.807, 2.05) is 54.6 Å². The zero-order valence-corrected chi connectivity index (χ0v) is 17.9. The van der Waals surface area contributed by atoms with Crippen molar-refractivity contribution in [2.24, 2.45) is 5.92 Å². The van der Waals surface area contributed by atoms with Crippen LogP contribution < -0.4 is 15.6 Å².